The van der Waals surface area contributed by atoms with Gasteiger partial charge in [-0.05, 0) is 48.8 Å². The van der Waals surface area contributed by atoms with Crippen LogP contribution in [-0.4, -0.2) is 11.9 Å². The summed E-state index contributed by atoms with van der Waals surface area (Å²) in [4.78, 5) is 12.6. The van der Waals surface area contributed by atoms with Gasteiger partial charge in [0.1, 0.15) is 5.82 Å². The largest absolute Gasteiger partial charge is 0.353 e. The molecular formula is C16H20FNO. The second kappa shape index (κ2) is 4.06. The van der Waals surface area contributed by atoms with Crippen molar-refractivity contribution in [3.05, 3.63) is 35.6 Å². The molecule has 0 radical (unpaired) electrons. The van der Waals surface area contributed by atoms with E-state index in [0.717, 1.165) is 24.8 Å². The van der Waals surface area contributed by atoms with E-state index in [4.69, 9.17) is 0 Å². The Morgan fingerprint density at radius 3 is 2.26 bits per heavy atom. The fraction of sp³-hybridized carbons (Fsp3) is 0.562. The predicted molar refractivity (Wildman–Crippen MR) is 72.3 cm³/mol. The Balaban J connectivity index is 1.87. The summed E-state index contributed by atoms with van der Waals surface area (Å²) in [7, 11) is 0. The third-order valence-electron chi connectivity index (χ3n) is 4.90. The highest BCUT2D eigenvalue weighted by atomic mass is 19.1. The predicted octanol–water partition coefficient (Wildman–Crippen LogP) is 3.16. The van der Waals surface area contributed by atoms with Crippen LogP contribution in [0.1, 0.15) is 45.1 Å². The van der Waals surface area contributed by atoms with Crippen molar-refractivity contribution in [2.75, 3.05) is 0 Å². The van der Waals surface area contributed by atoms with Crippen LogP contribution in [0.2, 0.25) is 0 Å². The number of hydrogen-bond acceptors (Lipinski definition) is 1. The zero-order chi connectivity index (χ0) is 13.7. The molecule has 2 saturated carbocycles. The number of hydrogen-bond donors (Lipinski definition) is 1. The van der Waals surface area contributed by atoms with E-state index in [2.05, 4.69) is 19.2 Å². The van der Waals surface area contributed by atoms with Crippen LogP contribution in [0.5, 0.6) is 0 Å². The first-order chi connectivity index (χ1) is 8.96. The van der Waals surface area contributed by atoms with E-state index in [1.807, 2.05) is 0 Å². The molecule has 2 aliphatic carbocycles. The highest BCUT2D eigenvalue weighted by Gasteiger charge is 2.67. The zero-order valence-corrected chi connectivity index (χ0v) is 11.5. The van der Waals surface area contributed by atoms with Gasteiger partial charge < -0.3 is 5.32 Å². The molecule has 0 heterocycles. The molecule has 1 amide bonds. The zero-order valence-electron chi connectivity index (χ0n) is 11.5. The molecule has 0 spiro atoms. The molecule has 19 heavy (non-hydrogen) atoms. The van der Waals surface area contributed by atoms with Crippen LogP contribution in [0, 0.1) is 11.2 Å². The van der Waals surface area contributed by atoms with Gasteiger partial charge in [-0.15, -0.1) is 0 Å². The third kappa shape index (κ3) is 1.87. The molecule has 2 aliphatic rings. The van der Waals surface area contributed by atoms with Crippen molar-refractivity contribution in [3.8, 4) is 0 Å². The first-order valence-electron chi connectivity index (χ1n) is 7.03. The fourth-order valence-electron chi connectivity index (χ4n) is 3.23. The molecule has 0 saturated heterocycles. The summed E-state index contributed by atoms with van der Waals surface area (Å²) in [6, 6.07) is 6.75. The molecule has 3 rings (SSSR count). The smallest absolute Gasteiger partial charge is 0.231 e. The van der Waals surface area contributed by atoms with E-state index in [1.165, 1.54) is 18.6 Å². The average Bonchev–Trinajstić information content (AvgIpc) is 2.89. The van der Waals surface area contributed by atoms with Crippen molar-refractivity contribution in [1.82, 2.24) is 5.32 Å². The summed E-state index contributed by atoms with van der Waals surface area (Å²) >= 11 is 0. The lowest BCUT2D eigenvalue weighted by molar-refractivity contribution is -0.125. The molecule has 102 valence electrons. The summed E-state index contributed by atoms with van der Waals surface area (Å²) < 4.78 is 13.1. The molecule has 0 aliphatic heterocycles. The number of benzene rings is 1. The Labute approximate surface area is 113 Å². The summed E-state index contributed by atoms with van der Waals surface area (Å²) in [6.45, 7) is 4.22. The highest BCUT2D eigenvalue weighted by Crippen LogP contribution is 2.64. The van der Waals surface area contributed by atoms with Crippen molar-refractivity contribution in [3.63, 3.8) is 0 Å². The van der Waals surface area contributed by atoms with Gasteiger partial charge in [0.05, 0.1) is 5.41 Å². The summed E-state index contributed by atoms with van der Waals surface area (Å²) in [5, 5.41) is 3.16. The van der Waals surface area contributed by atoms with E-state index in [1.54, 1.807) is 12.1 Å². The molecule has 2 fully saturated rings. The first-order valence-corrected chi connectivity index (χ1v) is 7.03. The van der Waals surface area contributed by atoms with Crippen molar-refractivity contribution in [2.45, 2.75) is 51.0 Å². The molecule has 2 nitrogen and oxygen atoms in total. The maximum Gasteiger partial charge on any atom is 0.231 e. The first kappa shape index (κ1) is 12.6. The van der Waals surface area contributed by atoms with Gasteiger partial charge in [0.2, 0.25) is 5.91 Å². The van der Waals surface area contributed by atoms with Crippen LogP contribution < -0.4 is 5.32 Å². The Morgan fingerprint density at radius 1 is 1.26 bits per heavy atom. The van der Waals surface area contributed by atoms with Gasteiger partial charge in [-0.2, -0.15) is 0 Å². The van der Waals surface area contributed by atoms with Gasteiger partial charge in [0, 0.05) is 6.04 Å². The second-order valence-electron chi connectivity index (χ2n) is 6.57. The summed E-state index contributed by atoms with van der Waals surface area (Å²) in [5.74, 6) is -0.134. The van der Waals surface area contributed by atoms with Crippen LogP contribution in [-0.2, 0) is 10.2 Å². The lowest BCUT2D eigenvalue weighted by Crippen LogP contribution is -2.46. The number of nitrogens with one attached hydrogen (secondary N) is 1. The molecule has 1 aromatic rings. The molecular weight excluding hydrogens is 241 g/mol. The lowest BCUT2D eigenvalue weighted by atomic mass is 9.85. The van der Waals surface area contributed by atoms with E-state index in [9.17, 15) is 9.18 Å². The lowest BCUT2D eigenvalue weighted by Gasteiger charge is -2.30. The van der Waals surface area contributed by atoms with Crippen LogP contribution in [0.4, 0.5) is 4.39 Å². The Bertz CT molecular complexity index is 504. The van der Waals surface area contributed by atoms with Crippen molar-refractivity contribution >= 4 is 5.91 Å². The topological polar surface area (TPSA) is 29.1 Å². The minimum Gasteiger partial charge on any atom is -0.353 e. The van der Waals surface area contributed by atoms with Crippen molar-refractivity contribution < 1.29 is 9.18 Å². The number of amides is 1. The Morgan fingerprint density at radius 2 is 1.84 bits per heavy atom. The van der Waals surface area contributed by atoms with Crippen molar-refractivity contribution in [2.24, 2.45) is 5.41 Å². The maximum absolute atomic E-state index is 13.1. The summed E-state index contributed by atoms with van der Waals surface area (Å²) in [5.41, 5.74) is 0.435. The van der Waals surface area contributed by atoms with Gasteiger partial charge in [-0.1, -0.05) is 26.0 Å². The van der Waals surface area contributed by atoms with E-state index < -0.39 is 5.41 Å². The van der Waals surface area contributed by atoms with Gasteiger partial charge in [-0.25, -0.2) is 4.39 Å². The van der Waals surface area contributed by atoms with E-state index in [-0.39, 0.29) is 17.1 Å². The molecule has 0 bridgehead atoms. The SMILES string of the molecule is CC1(C)CC1(C(=O)NC1CCC1)c1ccc(F)cc1. The number of carbonyl (C=O) groups is 1. The molecule has 1 atom stereocenters. The minimum absolute atomic E-state index is 0.0430. The third-order valence-corrected chi connectivity index (χ3v) is 4.90. The van der Waals surface area contributed by atoms with Crippen LogP contribution in [0.25, 0.3) is 0 Å². The van der Waals surface area contributed by atoms with Gasteiger partial charge >= 0.3 is 0 Å². The second-order valence-corrected chi connectivity index (χ2v) is 6.57. The van der Waals surface area contributed by atoms with E-state index in [0.29, 0.717) is 6.04 Å². The number of halogens is 1. The fourth-order valence-corrected chi connectivity index (χ4v) is 3.23. The molecule has 0 aromatic heterocycles. The maximum atomic E-state index is 13.1. The van der Waals surface area contributed by atoms with Gasteiger partial charge in [0.15, 0.2) is 0 Å². The normalized spacial score (nSPS) is 28.6. The average molecular weight is 261 g/mol. The minimum atomic E-state index is -0.462. The quantitative estimate of drug-likeness (QED) is 0.889. The number of carbonyl (C=O) groups excluding carboxylic acids is 1. The van der Waals surface area contributed by atoms with Gasteiger partial charge in [0.25, 0.3) is 0 Å². The van der Waals surface area contributed by atoms with Crippen LogP contribution >= 0.6 is 0 Å². The van der Waals surface area contributed by atoms with E-state index >= 15 is 0 Å². The number of rotatable bonds is 3. The van der Waals surface area contributed by atoms with Gasteiger partial charge in [-0.3, -0.25) is 4.79 Å². The molecule has 1 N–H and O–H groups in total. The summed E-state index contributed by atoms with van der Waals surface area (Å²) in [6.07, 6.45) is 4.22. The Hall–Kier alpha value is -1.38. The standard InChI is InChI=1S/C16H20FNO/c1-15(2)10-16(15,11-6-8-12(17)9-7-11)14(19)18-13-4-3-5-13/h6-9,13H,3-5,10H2,1-2H3,(H,18,19). The van der Waals surface area contributed by atoms with Crippen LogP contribution in [0.3, 0.4) is 0 Å². The molecule has 1 unspecified atom stereocenters. The Kier molecular flexibility index (Phi) is 2.70. The monoisotopic (exact) mass is 261 g/mol. The molecule has 1 aromatic carbocycles. The van der Waals surface area contributed by atoms with Crippen molar-refractivity contribution in [1.29, 1.82) is 0 Å². The molecule has 3 heteroatoms. The highest BCUT2D eigenvalue weighted by molar-refractivity contribution is 5.93. The van der Waals surface area contributed by atoms with Crippen LogP contribution in [0.15, 0.2) is 24.3 Å².